The summed E-state index contributed by atoms with van der Waals surface area (Å²) in [6.45, 7) is 10.4. The van der Waals surface area contributed by atoms with E-state index in [2.05, 4.69) is 41.6 Å². The molecule has 1 unspecified atom stereocenters. The van der Waals surface area contributed by atoms with Crippen LogP contribution >= 0.6 is 0 Å². The first-order chi connectivity index (χ1) is 8.63. The monoisotopic (exact) mass is 254 g/mol. The topological polar surface area (TPSA) is 63.0 Å². The summed E-state index contributed by atoms with van der Waals surface area (Å²) in [4.78, 5) is 0. The number of hydrogen-bond donors (Lipinski definition) is 2. The third-order valence-corrected chi connectivity index (χ3v) is 2.81. The first-order valence-electron chi connectivity index (χ1n) is 6.94. The lowest BCUT2D eigenvalue weighted by atomic mass is 10.1. The standard InChI is InChI=1S/C13H26N4O/c1-5-14-11(4)12-16-17-13(18-12)15-9-7-6-8-10(2)3/h10-11,14H,5-9H2,1-4H3,(H,15,17). The van der Waals surface area contributed by atoms with Gasteiger partial charge < -0.3 is 15.1 Å². The molecule has 5 heteroatoms. The van der Waals surface area contributed by atoms with Crippen molar-refractivity contribution in [1.29, 1.82) is 0 Å². The lowest BCUT2D eigenvalue weighted by Gasteiger charge is -2.06. The molecule has 1 aromatic rings. The molecule has 0 aliphatic carbocycles. The lowest BCUT2D eigenvalue weighted by molar-refractivity contribution is 0.428. The van der Waals surface area contributed by atoms with E-state index < -0.39 is 0 Å². The van der Waals surface area contributed by atoms with E-state index in [1.165, 1.54) is 12.8 Å². The van der Waals surface area contributed by atoms with Gasteiger partial charge in [-0.1, -0.05) is 38.7 Å². The lowest BCUT2D eigenvalue weighted by Crippen LogP contribution is -2.17. The maximum atomic E-state index is 5.53. The first-order valence-corrected chi connectivity index (χ1v) is 6.94. The van der Waals surface area contributed by atoms with Gasteiger partial charge in [-0.3, -0.25) is 0 Å². The molecule has 0 spiro atoms. The van der Waals surface area contributed by atoms with Crippen LogP contribution < -0.4 is 10.6 Å². The van der Waals surface area contributed by atoms with E-state index in [1.54, 1.807) is 0 Å². The van der Waals surface area contributed by atoms with Gasteiger partial charge in [0.15, 0.2) is 0 Å². The molecule has 104 valence electrons. The fourth-order valence-corrected chi connectivity index (χ4v) is 1.75. The molecule has 0 radical (unpaired) electrons. The minimum absolute atomic E-state index is 0.110. The van der Waals surface area contributed by atoms with Gasteiger partial charge in [0, 0.05) is 6.54 Å². The SMILES string of the molecule is CCNC(C)c1nnc(NCCCCC(C)C)o1. The van der Waals surface area contributed by atoms with Gasteiger partial charge in [0.05, 0.1) is 6.04 Å². The van der Waals surface area contributed by atoms with Crippen LogP contribution in [0, 0.1) is 5.92 Å². The van der Waals surface area contributed by atoms with E-state index in [4.69, 9.17) is 4.42 Å². The molecule has 18 heavy (non-hydrogen) atoms. The number of unbranched alkanes of at least 4 members (excludes halogenated alkanes) is 1. The van der Waals surface area contributed by atoms with Gasteiger partial charge >= 0.3 is 6.01 Å². The van der Waals surface area contributed by atoms with Crippen LogP contribution in [-0.2, 0) is 0 Å². The normalized spacial score (nSPS) is 12.9. The Bertz CT molecular complexity index is 325. The zero-order valence-electron chi connectivity index (χ0n) is 12.0. The smallest absolute Gasteiger partial charge is 0.315 e. The van der Waals surface area contributed by atoms with Crippen LogP contribution in [-0.4, -0.2) is 23.3 Å². The van der Waals surface area contributed by atoms with Crippen molar-refractivity contribution >= 4 is 6.01 Å². The van der Waals surface area contributed by atoms with Gasteiger partial charge in [-0.2, -0.15) is 0 Å². The number of anilines is 1. The summed E-state index contributed by atoms with van der Waals surface area (Å²) in [6, 6.07) is 0.637. The fourth-order valence-electron chi connectivity index (χ4n) is 1.75. The highest BCUT2D eigenvalue weighted by molar-refractivity contribution is 5.16. The minimum atomic E-state index is 0.110. The van der Waals surface area contributed by atoms with Crippen molar-refractivity contribution in [3.05, 3.63) is 5.89 Å². The van der Waals surface area contributed by atoms with E-state index >= 15 is 0 Å². The van der Waals surface area contributed by atoms with Crippen molar-refractivity contribution in [2.45, 2.75) is 53.0 Å². The molecule has 1 heterocycles. The summed E-state index contributed by atoms with van der Waals surface area (Å²) in [5, 5.41) is 14.4. The Hall–Kier alpha value is -1.10. The van der Waals surface area contributed by atoms with Crippen molar-refractivity contribution in [3.8, 4) is 0 Å². The van der Waals surface area contributed by atoms with E-state index in [-0.39, 0.29) is 6.04 Å². The molecule has 0 aliphatic rings. The van der Waals surface area contributed by atoms with Crippen LogP contribution in [0.25, 0.3) is 0 Å². The first kappa shape index (κ1) is 15.0. The molecule has 0 aromatic carbocycles. The summed E-state index contributed by atoms with van der Waals surface area (Å²) < 4.78 is 5.53. The molecule has 1 rings (SSSR count). The van der Waals surface area contributed by atoms with Crippen molar-refractivity contribution in [1.82, 2.24) is 15.5 Å². The largest absolute Gasteiger partial charge is 0.406 e. The van der Waals surface area contributed by atoms with Crippen LogP contribution in [0.15, 0.2) is 4.42 Å². The quantitative estimate of drug-likeness (QED) is 0.663. The van der Waals surface area contributed by atoms with Gasteiger partial charge in [0.25, 0.3) is 0 Å². The third-order valence-electron chi connectivity index (χ3n) is 2.81. The molecular formula is C13H26N4O. The number of nitrogens with zero attached hydrogens (tertiary/aromatic N) is 2. The van der Waals surface area contributed by atoms with Gasteiger partial charge in [-0.05, 0) is 25.8 Å². The Morgan fingerprint density at radius 2 is 1.94 bits per heavy atom. The predicted octanol–water partition coefficient (Wildman–Crippen LogP) is 2.98. The maximum absolute atomic E-state index is 5.53. The summed E-state index contributed by atoms with van der Waals surface area (Å²) in [5.74, 6) is 1.42. The number of aromatic nitrogens is 2. The molecule has 5 nitrogen and oxygen atoms in total. The maximum Gasteiger partial charge on any atom is 0.315 e. The van der Waals surface area contributed by atoms with E-state index in [1.807, 2.05) is 6.92 Å². The summed E-state index contributed by atoms with van der Waals surface area (Å²) in [6.07, 6.45) is 3.65. The van der Waals surface area contributed by atoms with Crippen molar-refractivity contribution in [2.75, 3.05) is 18.4 Å². The molecule has 2 N–H and O–H groups in total. The Kier molecular flexibility index (Phi) is 6.72. The molecule has 0 aliphatic heterocycles. The number of hydrogen-bond acceptors (Lipinski definition) is 5. The summed E-state index contributed by atoms with van der Waals surface area (Å²) in [7, 11) is 0. The Morgan fingerprint density at radius 1 is 1.17 bits per heavy atom. The molecule has 0 saturated carbocycles. The second kappa shape index (κ2) is 8.08. The molecular weight excluding hydrogens is 228 g/mol. The molecule has 0 bridgehead atoms. The second-order valence-corrected chi connectivity index (χ2v) is 5.04. The van der Waals surface area contributed by atoms with Crippen LogP contribution in [0.4, 0.5) is 6.01 Å². The average molecular weight is 254 g/mol. The van der Waals surface area contributed by atoms with Crippen LogP contribution in [0.3, 0.4) is 0 Å². The molecule has 1 aromatic heterocycles. The Morgan fingerprint density at radius 3 is 2.61 bits per heavy atom. The highest BCUT2D eigenvalue weighted by atomic mass is 16.4. The highest BCUT2D eigenvalue weighted by Crippen LogP contribution is 2.13. The molecule has 0 amide bonds. The zero-order chi connectivity index (χ0) is 13.4. The summed E-state index contributed by atoms with van der Waals surface area (Å²) in [5.41, 5.74) is 0. The highest BCUT2D eigenvalue weighted by Gasteiger charge is 2.12. The van der Waals surface area contributed by atoms with Gasteiger partial charge in [0.1, 0.15) is 0 Å². The molecule has 0 fully saturated rings. The van der Waals surface area contributed by atoms with E-state index in [0.29, 0.717) is 11.9 Å². The van der Waals surface area contributed by atoms with E-state index in [9.17, 15) is 0 Å². The van der Waals surface area contributed by atoms with Crippen molar-refractivity contribution in [2.24, 2.45) is 5.92 Å². The number of rotatable bonds is 9. The van der Waals surface area contributed by atoms with Crippen LogP contribution in [0.2, 0.25) is 0 Å². The minimum Gasteiger partial charge on any atom is -0.406 e. The number of nitrogens with one attached hydrogen (secondary N) is 2. The average Bonchev–Trinajstić information content (AvgIpc) is 2.77. The second-order valence-electron chi connectivity index (χ2n) is 5.04. The van der Waals surface area contributed by atoms with Crippen molar-refractivity contribution < 1.29 is 4.42 Å². The van der Waals surface area contributed by atoms with Crippen molar-refractivity contribution in [3.63, 3.8) is 0 Å². The van der Waals surface area contributed by atoms with E-state index in [0.717, 1.165) is 25.4 Å². The Labute approximate surface area is 110 Å². The van der Waals surface area contributed by atoms with Crippen LogP contribution in [0.5, 0.6) is 0 Å². The predicted molar refractivity (Wildman–Crippen MR) is 73.6 cm³/mol. The Balaban J connectivity index is 2.23. The molecule has 1 atom stereocenters. The van der Waals surface area contributed by atoms with Crippen LogP contribution in [0.1, 0.15) is 58.9 Å². The third kappa shape index (κ3) is 5.49. The fraction of sp³-hybridized carbons (Fsp3) is 0.846. The molecule has 0 saturated heterocycles. The van der Waals surface area contributed by atoms with Gasteiger partial charge in [0.2, 0.25) is 5.89 Å². The van der Waals surface area contributed by atoms with Gasteiger partial charge in [-0.15, -0.1) is 5.10 Å². The summed E-state index contributed by atoms with van der Waals surface area (Å²) >= 11 is 0. The zero-order valence-corrected chi connectivity index (χ0v) is 12.0. The van der Waals surface area contributed by atoms with Gasteiger partial charge in [-0.25, -0.2) is 0 Å².